The summed E-state index contributed by atoms with van der Waals surface area (Å²) >= 11 is 0. The molecule has 0 aromatic rings. The molecule has 0 spiro atoms. The lowest BCUT2D eigenvalue weighted by atomic mass is 10.1. The van der Waals surface area contributed by atoms with Gasteiger partial charge in [0.2, 0.25) is 0 Å². The van der Waals surface area contributed by atoms with Gasteiger partial charge in [0.25, 0.3) is 0 Å². The van der Waals surface area contributed by atoms with Crippen molar-refractivity contribution in [2.45, 2.75) is 58.8 Å². The number of hydrogen-bond acceptors (Lipinski definition) is 1. The summed E-state index contributed by atoms with van der Waals surface area (Å²) in [5.41, 5.74) is 0. The Balaban J connectivity index is 1.82. The van der Waals surface area contributed by atoms with E-state index in [9.17, 15) is 0 Å². The molecule has 1 saturated carbocycles. The van der Waals surface area contributed by atoms with Crippen molar-refractivity contribution in [2.75, 3.05) is 13.1 Å². The van der Waals surface area contributed by atoms with E-state index in [4.69, 9.17) is 0 Å². The van der Waals surface area contributed by atoms with Crippen molar-refractivity contribution in [2.24, 2.45) is 11.8 Å². The Labute approximate surface area is 89.7 Å². The third-order valence-electron chi connectivity index (χ3n) is 3.43. The molecule has 0 radical (unpaired) electrons. The smallest absolute Gasteiger partial charge is 0.00489 e. The normalized spacial score (nSPS) is 25.3. The fourth-order valence-electron chi connectivity index (χ4n) is 2.34. The molecular weight excluding hydrogens is 170 g/mol. The summed E-state index contributed by atoms with van der Waals surface area (Å²) in [6, 6.07) is 0. The van der Waals surface area contributed by atoms with Crippen LogP contribution in [-0.4, -0.2) is 13.1 Å². The number of nitrogens with one attached hydrogen (secondary N) is 1. The molecular formula is C13H27N. The monoisotopic (exact) mass is 197 g/mol. The molecule has 1 rings (SSSR count). The van der Waals surface area contributed by atoms with Crippen LogP contribution in [0, 0.1) is 11.8 Å². The average Bonchev–Trinajstić information content (AvgIpc) is 2.92. The zero-order valence-corrected chi connectivity index (χ0v) is 10.0. The second-order valence-electron chi connectivity index (χ2n) is 4.75. The third kappa shape index (κ3) is 4.99. The highest BCUT2D eigenvalue weighted by Gasteiger charge is 2.34. The zero-order valence-electron chi connectivity index (χ0n) is 10.0. The molecule has 0 amide bonds. The highest BCUT2D eigenvalue weighted by molar-refractivity contribution is 4.85. The van der Waals surface area contributed by atoms with Gasteiger partial charge < -0.3 is 5.32 Å². The maximum atomic E-state index is 3.40. The predicted octanol–water partition coefficient (Wildman–Crippen LogP) is 3.59. The first-order valence-corrected chi connectivity index (χ1v) is 6.59. The van der Waals surface area contributed by atoms with E-state index in [1.165, 1.54) is 51.5 Å². The van der Waals surface area contributed by atoms with E-state index in [0.717, 1.165) is 18.4 Å². The first kappa shape index (κ1) is 12.0. The number of rotatable bonds is 9. The molecule has 1 aliphatic rings. The Morgan fingerprint density at radius 2 is 1.71 bits per heavy atom. The first-order chi connectivity index (χ1) is 6.88. The average molecular weight is 197 g/mol. The van der Waals surface area contributed by atoms with Gasteiger partial charge in [-0.3, -0.25) is 0 Å². The van der Waals surface area contributed by atoms with Gasteiger partial charge >= 0.3 is 0 Å². The van der Waals surface area contributed by atoms with Crippen LogP contribution in [0.1, 0.15) is 58.8 Å². The first-order valence-electron chi connectivity index (χ1n) is 6.59. The Bertz CT molecular complexity index is 133. The van der Waals surface area contributed by atoms with E-state index in [1.54, 1.807) is 0 Å². The summed E-state index contributed by atoms with van der Waals surface area (Å²) in [6.07, 6.45) is 10.2. The molecule has 0 bridgehead atoms. The molecule has 2 atom stereocenters. The molecule has 1 fully saturated rings. The minimum absolute atomic E-state index is 1.10. The van der Waals surface area contributed by atoms with Gasteiger partial charge in [0.05, 0.1) is 0 Å². The second kappa shape index (κ2) is 7.28. The van der Waals surface area contributed by atoms with Crippen molar-refractivity contribution in [1.82, 2.24) is 5.32 Å². The Morgan fingerprint density at radius 1 is 1.00 bits per heavy atom. The van der Waals surface area contributed by atoms with E-state index in [-0.39, 0.29) is 0 Å². The second-order valence-corrected chi connectivity index (χ2v) is 4.75. The fraction of sp³-hybridized carbons (Fsp3) is 1.00. The van der Waals surface area contributed by atoms with Crippen LogP contribution in [0.25, 0.3) is 0 Å². The van der Waals surface area contributed by atoms with Gasteiger partial charge in [-0.1, -0.05) is 39.5 Å². The molecule has 0 saturated heterocycles. The summed E-state index contributed by atoms with van der Waals surface area (Å²) in [4.78, 5) is 0. The third-order valence-corrected chi connectivity index (χ3v) is 3.43. The molecule has 14 heavy (non-hydrogen) atoms. The van der Waals surface area contributed by atoms with E-state index < -0.39 is 0 Å². The van der Waals surface area contributed by atoms with E-state index >= 15 is 0 Å². The van der Waals surface area contributed by atoms with Crippen molar-refractivity contribution in [3.05, 3.63) is 0 Å². The lowest BCUT2D eigenvalue weighted by Crippen LogP contribution is -2.13. The zero-order chi connectivity index (χ0) is 10.2. The topological polar surface area (TPSA) is 12.0 Å². The van der Waals surface area contributed by atoms with Crippen LogP contribution in [0.3, 0.4) is 0 Å². The summed E-state index contributed by atoms with van der Waals surface area (Å²) in [5.74, 6) is 2.22. The van der Waals surface area contributed by atoms with Crippen LogP contribution in [0.2, 0.25) is 0 Å². The largest absolute Gasteiger partial charge is 0.317 e. The van der Waals surface area contributed by atoms with Crippen molar-refractivity contribution in [3.8, 4) is 0 Å². The van der Waals surface area contributed by atoms with Gasteiger partial charge in [-0.05, 0) is 44.2 Å². The Kier molecular flexibility index (Phi) is 6.25. The van der Waals surface area contributed by atoms with Gasteiger partial charge in [0.15, 0.2) is 0 Å². The molecule has 0 aliphatic heterocycles. The molecule has 0 heterocycles. The molecule has 1 aliphatic carbocycles. The predicted molar refractivity (Wildman–Crippen MR) is 63.5 cm³/mol. The van der Waals surface area contributed by atoms with Crippen molar-refractivity contribution in [3.63, 3.8) is 0 Å². The molecule has 1 N–H and O–H groups in total. The molecule has 0 aromatic heterocycles. The summed E-state index contributed by atoms with van der Waals surface area (Å²) < 4.78 is 0. The maximum Gasteiger partial charge on any atom is -0.00489 e. The standard InChI is InChI=1S/C13H27N/c1-3-5-6-8-12-11-13(12)9-7-10-14-4-2/h12-14H,3-11H2,1-2H3/t12?,13-/m0/s1. The maximum absolute atomic E-state index is 3.40. The quantitative estimate of drug-likeness (QED) is 0.557. The van der Waals surface area contributed by atoms with Gasteiger partial charge in [-0.25, -0.2) is 0 Å². The SMILES string of the molecule is CCCCCC1C[C@@H]1CCCNCC. The molecule has 1 heteroatoms. The Hall–Kier alpha value is -0.0400. The van der Waals surface area contributed by atoms with Crippen molar-refractivity contribution < 1.29 is 0 Å². The lowest BCUT2D eigenvalue weighted by molar-refractivity contribution is 0.539. The van der Waals surface area contributed by atoms with Crippen molar-refractivity contribution in [1.29, 1.82) is 0 Å². The molecule has 1 unspecified atom stereocenters. The Morgan fingerprint density at radius 3 is 2.36 bits per heavy atom. The van der Waals surface area contributed by atoms with Crippen LogP contribution in [0.15, 0.2) is 0 Å². The van der Waals surface area contributed by atoms with Crippen LogP contribution < -0.4 is 5.32 Å². The summed E-state index contributed by atoms with van der Waals surface area (Å²) in [5, 5.41) is 3.40. The van der Waals surface area contributed by atoms with Crippen LogP contribution in [-0.2, 0) is 0 Å². The molecule has 1 nitrogen and oxygen atoms in total. The summed E-state index contributed by atoms with van der Waals surface area (Å²) in [6.45, 7) is 6.84. The molecule has 0 aromatic carbocycles. The van der Waals surface area contributed by atoms with Gasteiger partial charge in [-0.15, -0.1) is 0 Å². The summed E-state index contributed by atoms with van der Waals surface area (Å²) in [7, 11) is 0. The highest BCUT2D eigenvalue weighted by atomic mass is 14.8. The van der Waals surface area contributed by atoms with Crippen LogP contribution in [0.4, 0.5) is 0 Å². The van der Waals surface area contributed by atoms with E-state index in [2.05, 4.69) is 19.2 Å². The van der Waals surface area contributed by atoms with E-state index in [0.29, 0.717) is 0 Å². The van der Waals surface area contributed by atoms with Crippen molar-refractivity contribution >= 4 is 0 Å². The van der Waals surface area contributed by atoms with E-state index in [1.807, 2.05) is 0 Å². The van der Waals surface area contributed by atoms with Crippen LogP contribution in [0.5, 0.6) is 0 Å². The van der Waals surface area contributed by atoms with Gasteiger partial charge in [0, 0.05) is 0 Å². The number of unbranched alkanes of at least 4 members (excludes halogenated alkanes) is 2. The van der Waals surface area contributed by atoms with Gasteiger partial charge in [-0.2, -0.15) is 0 Å². The van der Waals surface area contributed by atoms with Gasteiger partial charge in [0.1, 0.15) is 0 Å². The minimum atomic E-state index is 1.10. The highest BCUT2D eigenvalue weighted by Crippen LogP contribution is 2.45. The number of hydrogen-bond donors (Lipinski definition) is 1. The lowest BCUT2D eigenvalue weighted by Gasteiger charge is -2.01. The fourth-order valence-corrected chi connectivity index (χ4v) is 2.34. The van der Waals surface area contributed by atoms with Crippen LogP contribution >= 0.6 is 0 Å². The minimum Gasteiger partial charge on any atom is -0.317 e. The molecule has 84 valence electrons.